The van der Waals surface area contributed by atoms with Gasteiger partial charge < -0.3 is 5.32 Å². The monoisotopic (exact) mass is 435 g/mol. The Morgan fingerprint density at radius 3 is 2.68 bits per heavy atom. The van der Waals surface area contributed by atoms with Gasteiger partial charge in [0.05, 0.1) is 10.2 Å². The molecule has 3 heterocycles. The number of sulfonamides is 1. The van der Waals surface area contributed by atoms with Gasteiger partial charge in [-0.25, -0.2) is 13.4 Å². The van der Waals surface area contributed by atoms with Crippen LogP contribution in [-0.2, 0) is 14.8 Å². The smallest absolute Gasteiger partial charge is 0.252 e. The highest BCUT2D eigenvalue weighted by Gasteiger charge is 2.32. The van der Waals surface area contributed by atoms with Crippen molar-refractivity contribution in [1.82, 2.24) is 9.29 Å². The summed E-state index contributed by atoms with van der Waals surface area (Å²) < 4.78 is 28.1. The zero-order chi connectivity index (χ0) is 19.9. The molecule has 0 aliphatic carbocycles. The van der Waals surface area contributed by atoms with Gasteiger partial charge in [-0.3, -0.25) is 4.79 Å². The fraction of sp³-hybridized carbons (Fsp3) is 0.368. The molecule has 1 N–H and O–H groups in total. The van der Waals surface area contributed by atoms with Crippen molar-refractivity contribution < 1.29 is 13.2 Å². The SMILES string of the molecule is Cc1cc(C)c2sc(NC(=O)C3CCN(S(=O)(=O)c4cccs4)CC3)nc2c1. The van der Waals surface area contributed by atoms with Crippen LogP contribution in [0, 0.1) is 19.8 Å². The lowest BCUT2D eigenvalue weighted by molar-refractivity contribution is -0.120. The molecule has 0 radical (unpaired) electrons. The number of fused-ring (bicyclic) bond motifs is 1. The van der Waals surface area contributed by atoms with Crippen molar-refractivity contribution in [2.24, 2.45) is 5.92 Å². The van der Waals surface area contributed by atoms with Gasteiger partial charge in [0.25, 0.3) is 10.0 Å². The number of anilines is 1. The van der Waals surface area contributed by atoms with Crippen molar-refractivity contribution in [3.8, 4) is 0 Å². The molecular formula is C19H21N3O3S3. The lowest BCUT2D eigenvalue weighted by atomic mass is 9.97. The number of nitrogens with zero attached hydrogens (tertiary/aromatic N) is 2. The predicted molar refractivity (Wildman–Crippen MR) is 114 cm³/mol. The van der Waals surface area contributed by atoms with Crippen LogP contribution in [0.5, 0.6) is 0 Å². The van der Waals surface area contributed by atoms with E-state index in [1.807, 2.05) is 19.9 Å². The third-order valence-electron chi connectivity index (χ3n) is 4.96. The van der Waals surface area contributed by atoms with E-state index in [1.165, 1.54) is 27.0 Å². The number of aryl methyl sites for hydroxylation is 2. The number of nitrogens with one attached hydrogen (secondary N) is 1. The van der Waals surface area contributed by atoms with Gasteiger partial charge >= 0.3 is 0 Å². The van der Waals surface area contributed by atoms with E-state index < -0.39 is 10.0 Å². The molecule has 0 saturated carbocycles. The molecule has 28 heavy (non-hydrogen) atoms. The molecule has 0 spiro atoms. The molecule has 1 saturated heterocycles. The number of carbonyl (C=O) groups excluding carboxylic acids is 1. The molecule has 1 aromatic carbocycles. The fourth-order valence-electron chi connectivity index (χ4n) is 3.53. The number of carbonyl (C=O) groups is 1. The van der Waals surface area contributed by atoms with Crippen molar-refractivity contribution in [3.63, 3.8) is 0 Å². The molecule has 0 atom stereocenters. The van der Waals surface area contributed by atoms with E-state index in [-0.39, 0.29) is 11.8 Å². The van der Waals surface area contributed by atoms with E-state index >= 15 is 0 Å². The molecule has 4 rings (SSSR count). The zero-order valence-corrected chi connectivity index (χ0v) is 18.1. The minimum atomic E-state index is -3.44. The van der Waals surface area contributed by atoms with Crippen molar-refractivity contribution >= 4 is 54.0 Å². The van der Waals surface area contributed by atoms with Crippen LogP contribution in [0.3, 0.4) is 0 Å². The summed E-state index contributed by atoms with van der Waals surface area (Å²) in [6, 6.07) is 7.48. The van der Waals surface area contributed by atoms with E-state index in [0.29, 0.717) is 35.3 Å². The molecule has 1 aliphatic heterocycles. The van der Waals surface area contributed by atoms with Crippen LogP contribution in [0.1, 0.15) is 24.0 Å². The maximum Gasteiger partial charge on any atom is 0.252 e. The Morgan fingerprint density at radius 1 is 1.25 bits per heavy atom. The van der Waals surface area contributed by atoms with Crippen molar-refractivity contribution in [2.45, 2.75) is 30.9 Å². The number of piperidine rings is 1. The molecule has 3 aromatic rings. The van der Waals surface area contributed by atoms with Gasteiger partial charge in [0.15, 0.2) is 5.13 Å². The second-order valence-electron chi connectivity index (χ2n) is 7.05. The summed E-state index contributed by atoms with van der Waals surface area (Å²) in [5.74, 6) is -0.286. The Morgan fingerprint density at radius 2 is 2.00 bits per heavy atom. The number of hydrogen-bond acceptors (Lipinski definition) is 6. The van der Waals surface area contributed by atoms with E-state index in [1.54, 1.807) is 17.5 Å². The van der Waals surface area contributed by atoms with Crippen molar-refractivity contribution in [2.75, 3.05) is 18.4 Å². The van der Waals surface area contributed by atoms with E-state index in [2.05, 4.69) is 16.4 Å². The highest BCUT2D eigenvalue weighted by molar-refractivity contribution is 7.91. The van der Waals surface area contributed by atoms with Crippen LogP contribution >= 0.6 is 22.7 Å². The maximum absolute atomic E-state index is 12.7. The summed E-state index contributed by atoms with van der Waals surface area (Å²) in [7, 11) is -3.44. The highest BCUT2D eigenvalue weighted by Crippen LogP contribution is 2.31. The second kappa shape index (κ2) is 7.55. The molecule has 2 aromatic heterocycles. The first-order valence-corrected chi connectivity index (χ1v) is 12.2. The standard InChI is InChI=1S/C19H21N3O3S3/c1-12-10-13(2)17-15(11-12)20-19(27-17)21-18(23)14-5-7-22(8-6-14)28(24,25)16-4-3-9-26-16/h3-4,9-11,14H,5-8H2,1-2H3,(H,20,21,23). The predicted octanol–water partition coefficient (Wildman–Crippen LogP) is 4.01. The van der Waals surface area contributed by atoms with Gasteiger partial charge in [0.1, 0.15) is 4.21 Å². The van der Waals surface area contributed by atoms with Gasteiger partial charge in [-0.05, 0) is 55.3 Å². The molecule has 1 fully saturated rings. The molecule has 0 bridgehead atoms. The number of aromatic nitrogens is 1. The topological polar surface area (TPSA) is 79.4 Å². The molecular weight excluding hydrogens is 414 g/mol. The van der Waals surface area contributed by atoms with Crippen molar-refractivity contribution in [3.05, 3.63) is 40.8 Å². The average molecular weight is 436 g/mol. The van der Waals surface area contributed by atoms with E-state index in [9.17, 15) is 13.2 Å². The Bertz CT molecular complexity index is 1110. The Balaban J connectivity index is 1.41. The van der Waals surface area contributed by atoms with Crippen LogP contribution in [-0.4, -0.2) is 36.7 Å². The van der Waals surface area contributed by atoms with Crippen molar-refractivity contribution in [1.29, 1.82) is 0 Å². The average Bonchev–Trinajstić information content (AvgIpc) is 3.32. The summed E-state index contributed by atoms with van der Waals surface area (Å²) in [6.45, 7) is 4.79. The number of amides is 1. The molecule has 0 unspecified atom stereocenters. The normalized spacial score (nSPS) is 16.5. The lowest BCUT2D eigenvalue weighted by Crippen LogP contribution is -2.41. The van der Waals surface area contributed by atoms with Gasteiger partial charge in [-0.2, -0.15) is 4.31 Å². The van der Waals surface area contributed by atoms with Crippen LogP contribution in [0.2, 0.25) is 0 Å². The third kappa shape index (κ3) is 3.71. The molecule has 1 amide bonds. The van der Waals surface area contributed by atoms with Crippen LogP contribution in [0.15, 0.2) is 33.9 Å². The number of rotatable bonds is 4. The molecule has 148 valence electrons. The number of hydrogen-bond donors (Lipinski definition) is 1. The number of thiazole rings is 1. The Labute approximate surface area is 172 Å². The van der Waals surface area contributed by atoms with Gasteiger partial charge in [-0.1, -0.05) is 23.5 Å². The summed E-state index contributed by atoms with van der Waals surface area (Å²) in [6.07, 6.45) is 1.03. The zero-order valence-electron chi connectivity index (χ0n) is 15.6. The van der Waals surface area contributed by atoms with Crippen LogP contribution < -0.4 is 5.32 Å². The van der Waals surface area contributed by atoms with Crippen LogP contribution in [0.25, 0.3) is 10.2 Å². The lowest BCUT2D eigenvalue weighted by Gasteiger charge is -2.29. The first-order chi connectivity index (χ1) is 13.3. The van der Waals surface area contributed by atoms with Crippen LogP contribution in [0.4, 0.5) is 5.13 Å². The number of benzene rings is 1. The minimum absolute atomic E-state index is 0.0818. The Hall–Kier alpha value is -1.81. The highest BCUT2D eigenvalue weighted by atomic mass is 32.2. The summed E-state index contributed by atoms with van der Waals surface area (Å²) in [5, 5.41) is 5.29. The van der Waals surface area contributed by atoms with E-state index in [4.69, 9.17) is 0 Å². The molecule has 6 nitrogen and oxygen atoms in total. The van der Waals surface area contributed by atoms with Gasteiger partial charge in [0.2, 0.25) is 5.91 Å². The second-order valence-corrected chi connectivity index (χ2v) is 11.2. The summed E-state index contributed by atoms with van der Waals surface area (Å²) >= 11 is 2.70. The molecule has 9 heteroatoms. The Kier molecular flexibility index (Phi) is 5.26. The van der Waals surface area contributed by atoms with E-state index in [0.717, 1.165) is 21.3 Å². The van der Waals surface area contributed by atoms with Gasteiger partial charge in [-0.15, -0.1) is 11.3 Å². The summed E-state index contributed by atoms with van der Waals surface area (Å²) in [5.41, 5.74) is 3.20. The first kappa shape index (κ1) is 19.5. The largest absolute Gasteiger partial charge is 0.302 e. The molecule has 1 aliphatic rings. The quantitative estimate of drug-likeness (QED) is 0.671. The number of thiophene rings is 1. The third-order valence-corrected chi connectivity index (χ3v) is 9.36. The fourth-order valence-corrected chi connectivity index (χ4v) is 7.07. The maximum atomic E-state index is 12.7. The van der Waals surface area contributed by atoms with Gasteiger partial charge in [0, 0.05) is 19.0 Å². The first-order valence-electron chi connectivity index (χ1n) is 9.07. The summed E-state index contributed by atoms with van der Waals surface area (Å²) in [4.78, 5) is 17.2. The minimum Gasteiger partial charge on any atom is -0.302 e.